The molecule has 1 aliphatic carbocycles. The van der Waals surface area contributed by atoms with Crippen LogP contribution in [0.2, 0.25) is 0 Å². The molecule has 0 amide bonds. The topological polar surface area (TPSA) is 37.8 Å². The molecule has 5 heteroatoms. The molecule has 1 N–H and O–H groups in total. The summed E-state index contributed by atoms with van der Waals surface area (Å²) >= 11 is 7.03. The van der Waals surface area contributed by atoms with Gasteiger partial charge in [-0.15, -0.1) is 0 Å². The summed E-state index contributed by atoms with van der Waals surface area (Å²) in [6, 6.07) is 6.11. The molecule has 2 aromatic rings. The summed E-state index contributed by atoms with van der Waals surface area (Å²) in [5.74, 6) is 1.77. The predicted octanol–water partition coefficient (Wildman–Crippen LogP) is 4.59. The van der Waals surface area contributed by atoms with Crippen molar-refractivity contribution in [2.24, 2.45) is 0 Å². The lowest BCUT2D eigenvalue weighted by atomic mass is 9.96. The monoisotopic (exact) mass is 395 g/mol. The van der Waals surface area contributed by atoms with Crippen molar-refractivity contribution in [2.45, 2.75) is 25.7 Å². The molecule has 1 aromatic heterocycles. The van der Waals surface area contributed by atoms with Crippen LogP contribution in [0.15, 0.2) is 27.1 Å². The second-order valence-electron chi connectivity index (χ2n) is 4.91. The third kappa shape index (κ3) is 2.61. The van der Waals surface area contributed by atoms with Gasteiger partial charge in [-0.05, 0) is 75.7 Å². The first-order valence-corrected chi connectivity index (χ1v) is 8.30. The molecule has 3 rings (SSSR count). The first-order valence-electron chi connectivity index (χ1n) is 6.72. The number of aromatic nitrogens is 2. The van der Waals surface area contributed by atoms with Crippen molar-refractivity contribution in [3.8, 4) is 11.4 Å². The maximum Gasteiger partial charge on any atom is 0.161 e. The fourth-order valence-electron chi connectivity index (χ4n) is 2.57. The van der Waals surface area contributed by atoms with E-state index in [1.165, 1.54) is 24.1 Å². The van der Waals surface area contributed by atoms with Crippen LogP contribution in [0.5, 0.6) is 0 Å². The molecule has 0 bridgehead atoms. The zero-order valence-corrected chi connectivity index (χ0v) is 14.4. The van der Waals surface area contributed by atoms with E-state index in [0.29, 0.717) is 0 Å². The zero-order valence-electron chi connectivity index (χ0n) is 11.2. The van der Waals surface area contributed by atoms with Gasteiger partial charge in [-0.1, -0.05) is 0 Å². The average Bonchev–Trinajstić information content (AvgIpc) is 2.49. The lowest BCUT2D eigenvalue weighted by molar-refractivity contribution is 0.665. The van der Waals surface area contributed by atoms with E-state index >= 15 is 0 Å². The molecule has 0 aliphatic heterocycles. The van der Waals surface area contributed by atoms with Crippen molar-refractivity contribution < 1.29 is 0 Å². The number of nitrogens with one attached hydrogen (secondary N) is 1. The Bertz CT molecular complexity index is 639. The highest BCUT2D eigenvalue weighted by Crippen LogP contribution is 2.31. The van der Waals surface area contributed by atoms with Gasteiger partial charge in [0.25, 0.3) is 0 Å². The second-order valence-corrected chi connectivity index (χ2v) is 6.62. The fourth-order valence-corrected chi connectivity index (χ4v) is 3.19. The molecule has 104 valence electrons. The Balaban J connectivity index is 2.11. The van der Waals surface area contributed by atoms with Gasteiger partial charge in [-0.3, -0.25) is 0 Å². The van der Waals surface area contributed by atoms with Crippen LogP contribution in [-0.4, -0.2) is 17.0 Å². The second kappa shape index (κ2) is 5.82. The Kier molecular flexibility index (Phi) is 4.08. The quantitative estimate of drug-likeness (QED) is 0.806. The van der Waals surface area contributed by atoms with E-state index in [-0.39, 0.29) is 0 Å². The number of aryl methyl sites for hydroxylation is 1. The number of fused-ring (bicyclic) bond motifs is 1. The zero-order chi connectivity index (χ0) is 14.1. The van der Waals surface area contributed by atoms with Crippen LogP contribution in [0.25, 0.3) is 11.4 Å². The van der Waals surface area contributed by atoms with E-state index in [1.807, 2.05) is 25.2 Å². The molecule has 3 nitrogen and oxygen atoms in total. The van der Waals surface area contributed by atoms with Gasteiger partial charge in [0.15, 0.2) is 5.82 Å². The number of anilines is 1. The summed E-state index contributed by atoms with van der Waals surface area (Å²) in [6.45, 7) is 0. The van der Waals surface area contributed by atoms with Gasteiger partial charge in [0.2, 0.25) is 0 Å². The largest absolute Gasteiger partial charge is 0.373 e. The molecule has 1 aromatic carbocycles. The molecule has 0 saturated carbocycles. The molecule has 0 saturated heterocycles. The lowest BCUT2D eigenvalue weighted by Crippen LogP contribution is -2.11. The van der Waals surface area contributed by atoms with E-state index < -0.39 is 0 Å². The number of benzene rings is 1. The Morgan fingerprint density at radius 2 is 1.85 bits per heavy atom. The number of hydrogen-bond donors (Lipinski definition) is 1. The first kappa shape index (κ1) is 14.0. The molecule has 20 heavy (non-hydrogen) atoms. The Morgan fingerprint density at radius 1 is 1.05 bits per heavy atom. The minimum Gasteiger partial charge on any atom is -0.373 e. The maximum atomic E-state index is 4.78. The molecular formula is C15H15Br2N3. The molecule has 1 aliphatic rings. The Labute approximate surface area is 135 Å². The minimum atomic E-state index is 0.795. The summed E-state index contributed by atoms with van der Waals surface area (Å²) in [7, 11) is 1.93. The van der Waals surface area contributed by atoms with Crippen molar-refractivity contribution in [2.75, 3.05) is 12.4 Å². The highest BCUT2D eigenvalue weighted by atomic mass is 79.9. The van der Waals surface area contributed by atoms with Crippen LogP contribution in [0, 0.1) is 0 Å². The molecule has 1 heterocycles. The van der Waals surface area contributed by atoms with Gasteiger partial charge in [-0.2, -0.15) is 0 Å². The number of rotatable bonds is 2. The smallest absolute Gasteiger partial charge is 0.161 e. The van der Waals surface area contributed by atoms with E-state index in [9.17, 15) is 0 Å². The molecule has 0 radical (unpaired) electrons. The van der Waals surface area contributed by atoms with Crippen LogP contribution in [0.3, 0.4) is 0 Å². The molecule has 0 unspecified atom stereocenters. The normalized spacial score (nSPS) is 13.9. The number of hydrogen-bond acceptors (Lipinski definition) is 3. The maximum absolute atomic E-state index is 4.78. The highest BCUT2D eigenvalue weighted by molar-refractivity contribution is 9.13. The molecular weight excluding hydrogens is 382 g/mol. The van der Waals surface area contributed by atoms with E-state index in [0.717, 1.165) is 39.0 Å². The van der Waals surface area contributed by atoms with Crippen LogP contribution in [-0.2, 0) is 12.8 Å². The average molecular weight is 397 g/mol. The SMILES string of the molecule is CNc1nc(-c2ccc(Br)c(Br)c2)nc2c1CCCC2. The lowest BCUT2D eigenvalue weighted by Gasteiger charge is -2.19. The fraction of sp³-hybridized carbons (Fsp3) is 0.333. The van der Waals surface area contributed by atoms with Crippen LogP contribution in [0.1, 0.15) is 24.1 Å². The van der Waals surface area contributed by atoms with Gasteiger partial charge in [0, 0.05) is 32.8 Å². The molecule has 0 atom stereocenters. The van der Waals surface area contributed by atoms with E-state index in [2.05, 4.69) is 42.2 Å². The van der Waals surface area contributed by atoms with Gasteiger partial charge in [0.1, 0.15) is 5.82 Å². The van der Waals surface area contributed by atoms with Crippen molar-refractivity contribution in [1.82, 2.24) is 9.97 Å². The van der Waals surface area contributed by atoms with E-state index in [1.54, 1.807) is 0 Å². The summed E-state index contributed by atoms with van der Waals surface area (Å²) in [4.78, 5) is 9.46. The van der Waals surface area contributed by atoms with Gasteiger partial charge in [-0.25, -0.2) is 9.97 Å². The number of nitrogens with zero attached hydrogens (tertiary/aromatic N) is 2. The van der Waals surface area contributed by atoms with Crippen molar-refractivity contribution in [1.29, 1.82) is 0 Å². The standard InChI is InChI=1S/C15H15Br2N3/c1-18-15-10-4-2-3-5-13(10)19-14(20-15)9-6-7-11(16)12(17)8-9/h6-8H,2-5H2,1H3,(H,18,19,20). The highest BCUT2D eigenvalue weighted by Gasteiger charge is 2.18. The van der Waals surface area contributed by atoms with Crippen LogP contribution in [0.4, 0.5) is 5.82 Å². The first-order chi connectivity index (χ1) is 9.69. The summed E-state index contributed by atoms with van der Waals surface area (Å²) in [6.07, 6.45) is 4.58. The Morgan fingerprint density at radius 3 is 2.60 bits per heavy atom. The Hall–Kier alpha value is -0.940. The van der Waals surface area contributed by atoms with Crippen molar-refractivity contribution >= 4 is 37.7 Å². The van der Waals surface area contributed by atoms with E-state index in [4.69, 9.17) is 4.98 Å². The molecule has 0 fully saturated rings. The van der Waals surface area contributed by atoms with Crippen molar-refractivity contribution in [3.05, 3.63) is 38.4 Å². The van der Waals surface area contributed by atoms with Crippen LogP contribution >= 0.6 is 31.9 Å². The summed E-state index contributed by atoms with van der Waals surface area (Å²) < 4.78 is 2.05. The van der Waals surface area contributed by atoms with Gasteiger partial charge in [0.05, 0.1) is 0 Å². The minimum absolute atomic E-state index is 0.795. The number of halogens is 2. The predicted molar refractivity (Wildman–Crippen MR) is 89.1 cm³/mol. The van der Waals surface area contributed by atoms with Gasteiger partial charge < -0.3 is 5.32 Å². The third-order valence-electron chi connectivity index (χ3n) is 3.60. The van der Waals surface area contributed by atoms with Crippen molar-refractivity contribution in [3.63, 3.8) is 0 Å². The molecule has 0 spiro atoms. The van der Waals surface area contributed by atoms with Gasteiger partial charge >= 0.3 is 0 Å². The summed E-state index contributed by atoms with van der Waals surface area (Å²) in [5, 5.41) is 3.22. The summed E-state index contributed by atoms with van der Waals surface area (Å²) in [5.41, 5.74) is 3.52. The van der Waals surface area contributed by atoms with Crippen LogP contribution < -0.4 is 5.32 Å². The third-order valence-corrected chi connectivity index (χ3v) is 5.48.